The van der Waals surface area contributed by atoms with Crippen molar-refractivity contribution in [3.63, 3.8) is 0 Å². The maximum atomic E-state index is 6.17. The molecule has 0 bridgehead atoms. The van der Waals surface area contributed by atoms with Crippen LogP contribution in [0.25, 0.3) is 10.9 Å². The molecule has 1 aliphatic rings. The molecule has 0 saturated carbocycles. The van der Waals surface area contributed by atoms with Crippen LogP contribution in [0.1, 0.15) is 33.3 Å². The summed E-state index contributed by atoms with van der Waals surface area (Å²) in [7, 11) is -0.313. The van der Waals surface area contributed by atoms with E-state index in [4.69, 9.17) is 9.31 Å². The molecule has 1 saturated heterocycles. The highest BCUT2D eigenvalue weighted by Crippen LogP contribution is 2.36. The third-order valence-electron chi connectivity index (χ3n) is 5.52. The maximum absolute atomic E-state index is 6.17. The van der Waals surface area contributed by atoms with Gasteiger partial charge in [0.1, 0.15) is 0 Å². The smallest absolute Gasteiger partial charge is 0.399 e. The molecule has 3 aromatic rings. The van der Waals surface area contributed by atoms with Gasteiger partial charge in [-0.1, -0.05) is 42.5 Å². The molecular formula is C21H24BNO2. The van der Waals surface area contributed by atoms with Crippen molar-refractivity contribution in [2.24, 2.45) is 0 Å². The first-order valence-corrected chi connectivity index (χ1v) is 8.84. The van der Waals surface area contributed by atoms with E-state index in [-0.39, 0.29) is 18.3 Å². The van der Waals surface area contributed by atoms with Crippen LogP contribution in [0.15, 0.2) is 60.8 Å². The normalized spacial score (nSPS) is 18.8. The van der Waals surface area contributed by atoms with Crippen molar-refractivity contribution in [1.82, 2.24) is 4.57 Å². The predicted molar refractivity (Wildman–Crippen MR) is 103 cm³/mol. The Morgan fingerprint density at radius 1 is 0.880 bits per heavy atom. The van der Waals surface area contributed by atoms with Crippen LogP contribution < -0.4 is 5.46 Å². The third-order valence-corrected chi connectivity index (χ3v) is 5.52. The Morgan fingerprint density at radius 2 is 1.56 bits per heavy atom. The topological polar surface area (TPSA) is 23.4 Å². The van der Waals surface area contributed by atoms with Gasteiger partial charge in [0.05, 0.1) is 11.2 Å². The summed E-state index contributed by atoms with van der Waals surface area (Å²) in [6.45, 7) is 9.22. The Hall–Kier alpha value is -2.04. The summed E-state index contributed by atoms with van der Waals surface area (Å²) in [5, 5.41) is 1.21. The molecule has 0 radical (unpaired) electrons. The summed E-state index contributed by atoms with van der Waals surface area (Å²) in [4.78, 5) is 0. The highest BCUT2D eigenvalue weighted by Gasteiger charge is 2.51. The monoisotopic (exact) mass is 333 g/mol. The van der Waals surface area contributed by atoms with Gasteiger partial charge in [0.2, 0.25) is 0 Å². The molecule has 1 aromatic heterocycles. The number of hydrogen-bond donors (Lipinski definition) is 0. The van der Waals surface area contributed by atoms with E-state index in [1.54, 1.807) is 0 Å². The molecule has 0 atom stereocenters. The lowest BCUT2D eigenvalue weighted by atomic mass is 9.78. The van der Waals surface area contributed by atoms with E-state index in [0.29, 0.717) is 0 Å². The molecule has 4 rings (SSSR count). The molecule has 0 spiro atoms. The van der Waals surface area contributed by atoms with Crippen molar-refractivity contribution < 1.29 is 9.31 Å². The maximum Gasteiger partial charge on any atom is 0.494 e. The SMILES string of the molecule is CC1(C)OB(c2ccc3c(ccn3Cc3ccccc3)c2)OC1(C)C. The molecule has 4 heteroatoms. The number of fused-ring (bicyclic) bond motifs is 1. The van der Waals surface area contributed by atoms with E-state index in [1.165, 1.54) is 16.5 Å². The molecule has 0 N–H and O–H groups in total. The average Bonchev–Trinajstić information content (AvgIpc) is 3.06. The van der Waals surface area contributed by atoms with Gasteiger partial charge in [-0.25, -0.2) is 0 Å². The van der Waals surface area contributed by atoms with E-state index in [1.807, 2.05) is 6.07 Å². The van der Waals surface area contributed by atoms with Crippen LogP contribution >= 0.6 is 0 Å². The minimum atomic E-state index is -0.314. The standard InChI is InChI=1S/C21H24BNO2/c1-20(2)21(3,4)25-22(24-20)18-10-11-19-17(14-18)12-13-23(19)15-16-8-6-5-7-9-16/h5-14H,15H2,1-4H3. The van der Waals surface area contributed by atoms with Crippen LogP contribution in [-0.2, 0) is 15.9 Å². The van der Waals surface area contributed by atoms with Gasteiger partial charge in [-0.05, 0) is 56.2 Å². The van der Waals surface area contributed by atoms with Crippen LogP contribution in [0, 0.1) is 0 Å². The molecule has 1 fully saturated rings. The lowest BCUT2D eigenvalue weighted by Crippen LogP contribution is -2.41. The fraction of sp³-hybridized carbons (Fsp3) is 0.333. The molecule has 0 amide bonds. The van der Waals surface area contributed by atoms with E-state index in [0.717, 1.165) is 12.0 Å². The molecule has 1 aliphatic heterocycles. The van der Waals surface area contributed by atoms with E-state index >= 15 is 0 Å². The van der Waals surface area contributed by atoms with Crippen LogP contribution in [-0.4, -0.2) is 22.9 Å². The lowest BCUT2D eigenvalue weighted by molar-refractivity contribution is 0.00578. The van der Waals surface area contributed by atoms with Crippen molar-refractivity contribution in [2.75, 3.05) is 0 Å². The van der Waals surface area contributed by atoms with Gasteiger partial charge in [0.25, 0.3) is 0 Å². The highest BCUT2D eigenvalue weighted by molar-refractivity contribution is 6.62. The van der Waals surface area contributed by atoms with E-state index in [2.05, 4.69) is 87.0 Å². The van der Waals surface area contributed by atoms with Gasteiger partial charge in [0, 0.05) is 18.3 Å². The first-order valence-electron chi connectivity index (χ1n) is 8.84. The van der Waals surface area contributed by atoms with Gasteiger partial charge in [-0.3, -0.25) is 0 Å². The molecule has 128 valence electrons. The third kappa shape index (κ3) is 2.90. The van der Waals surface area contributed by atoms with E-state index in [9.17, 15) is 0 Å². The molecule has 3 nitrogen and oxygen atoms in total. The summed E-state index contributed by atoms with van der Waals surface area (Å²) in [6.07, 6.45) is 2.14. The molecular weight excluding hydrogens is 309 g/mol. The van der Waals surface area contributed by atoms with Crippen molar-refractivity contribution in [3.8, 4) is 0 Å². The zero-order valence-electron chi connectivity index (χ0n) is 15.3. The second kappa shape index (κ2) is 5.75. The molecule has 0 aliphatic carbocycles. The summed E-state index contributed by atoms with van der Waals surface area (Å²) >= 11 is 0. The Labute approximate surface area is 149 Å². The van der Waals surface area contributed by atoms with Crippen LogP contribution in [0.4, 0.5) is 0 Å². The fourth-order valence-electron chi connectivity index (χ4n) is 3.26. The minimum absolute atomic E-state index is 0.313. The molecule has 2 heterocycles. The zero-order chi connectivity index (χ0) is 17.7. The van der Waals surface area contributed by atoms with Gasteiger partial charge in [0.15, 0.2) is 0 Å². The first-order chi connectivity index (χ1) is 11.9. The van der Waals surface area contributed by atoms with Crippen LogP contribution in [0.3, 0.4) is 0 Å². The van der Waals surface area contributed by atoms with Crippen LogP contribution in [0.5, 0.6) is 0 Å². The second-order valence-corrected chi connectivity index (χ2v) is 7.84. The summed E-state index contributed by atoms with van der Waals surface area (Å²) in [6, 6.07) is 19.1. The van der Waals surface area contributed by atoms with E-state index < -0.39 is 0 Å². The van der Waals surface area contributed by atoms with Crippen molar-refractivity contribution >= 4 is 23.5 Å². The quantitative estimate of drug-likeness (QED) is 0.677. The fourth-order valence-corrected chi connectivity index (χ4v) is 3.26. The average molecular weight is 333 g/mol. The Kier molecular flexibility index (Phi) is 3.78. The minimum Gasteiger partial charge on any atom is -0.399 e. The number of benzene rings is 2. The van der Waals surface area contributed by atoms with Crippen LogP contribution in [0.2, 0.25) is 0 Å². The summed E-state index contributed by atoms with van der Waals surface area (Å²) in [5.74, 6) is 0. The molecule has 0 unspecified atom stereocenters. The van der Waals surface area contributed by atoms with Crippen molar-refractivity contribution in [2.45, 2.75) is 45.4 Å². The van der Waals surface area contributed by atoms with Gasteiger partial charge in [-0.2, -0.15) is 0 Å². The largest absolute Gasteiger partial charge is 0.494 e. The number of hydrogen-bond acceptors (Lipinski definition) is 2. The summed E-state index contributed by atoms with van der Waals surface area (Å²) < 4.78 is 14.6. The number of rotatable bonds is 3. The molecule has 2 aromatic carbocycles. The second-order valence-electron chi connectivity index (χ2n) is 7.84. The van der Waals surface area contributed by atoms with Gasteiger partial charge in [-0.15, -0.1) is 0 Å². The Bertz CT molecular complexity index is 883. The summed E-state index contributed by atoms with van der Waals surface area (Å²) in [5.41, 5.74) is 2.97. The van der Waals surface area contributed by atoms with Crippen molar-refractivity contribution in [1.29, 1.82) is 0 Å². The highest BCUT2D eigenvalue weighted by atomic mass is 16.7. The van der Waals surface area contributed by atoms with Crippen molar-refractivity contribution in [3.05, 3.63) is 66.4 Å². The number of nitrogens with zero attached hydrogens (tertiary/aromatic N) is 1. The molecule has 25 heavy (non-hydrogen) atoms. The predicted octanol–water partition coefficient (Wildman–Crippen LogP) is 3.99. The van der Waals surface area contributed by atoms with Gasteiger partial charge < -0.3 is 13.9 Å². The number of aromatic nitrogens is 1. The Balaban J connectivity index is 1.62. The first kappa shape index (κ1) is 16.4. The Morgan fingerprint density at radius 3 is 2.24 bits per heavy atom. The van der Waals surface area contributed by atoms with Gasteiger partial charge >= 0.3 is 7.12 Å². The zero-order valence-corrected chi connectivity index (χ0v) is 15.3. The lowest BCUT2D eigenvalue weighted by Gasteiger charge is -2.32.